The van der Waals surface area contributed by atoms with Gasteiger partial charge in [-0.1, -0.05) is 0 Å². The molecule has 126 valence electrons. The summed E-state index contributed by atoms with van der Waals surface area (Å²) >= 11 is 0. The first kappa shape index (κ1) is 17.3. The largest absolute Gasteiger partial charge is 0.573 e. The Morgan fingerprint density at radius 3 is 2.38 bits per heavy atom. The maximum atomic E-state index is 12.1. The maximum Gasteiger partial charge on any atom is 0.573 e. The number of ether oxygens (including phenoxy) is 2. The third-order valence-corrected chi connectivity index (χ3v) is 3.14. The number of rotatable bonds is 4. The van der Waals surface area contributed by atoms with Gasteiger partial charge >= 0.3 is 17.8 Å². The molecular formula is C14H10F3N3O4. The van der Waals surface area contributed by atoms with E-state index in [9.17, 15) is 28.5 Å². The van der Waals surface area contributed by atoms with E-state index in [0.29, 0.717) is 5.56 Å². The SMILES string of the molecule is COC1(C#N)NC(c2ccc(OC(F)(F)F)cc2)=CC=C1[N+](=O)[O-]. The fourth-order valence-electron chi connectivity index (χ4n) is 2.06. The van der Waals surface area contributed by atoms with Gasteiger partial charge in [-0.2, -0.15) is 5.26 Å². The summed E-state index contributed by atoms with van der Waals surface area (Å²) in [6, 6.07) is 6.46. The van der Waals surface area contributed by atoms with E-state index in [1.165, 1.54) is 18.2 Å². The second-order valence-corrected chi connectivity index (χ2v) is 4.58. The van der Waals surface area contributed by atoms with Crippen LogP contribution in [-0.2, 0) is 4.74 Å². The molecule has 1 aliphatic rings. The first-order chi connectivity index (χ1) is 11.2. The molecule has 0 aliphatic carbocycles. The van der Waals surface area contributed by atoms with Crippen molar-refractivity contribution in [1.82, 2.24) is 5.32 Å². The van der Waals surface area contributed by atoms with Crippen molar-refractivity contribution in [3.8, 4) is 11.8 Å². The van der Waals surface area contributed by atoms with Crippen LogP contribution >= 0.6 is 0 Å². The lowest BCUT2D eigenvalue weighted by Gasteiger charge is -2.28. The van der Waals surface area contributed by atoms with E-state index in [2.05, 4.69) is 10.1 Å². The Labute approximate surface area is 133 Å². The van der Waals surface area contributed by atoms with Crippen molar-refractivity contribution in [3.05, 3.63) is 57.8 Å². The topological polar surface area (TPSA) is 97.4 Å². The molecule has 10 heteroatoms. The number of nitrogens with one attached hydrogen (secondary N) is 1. The normalized spacial score (nSPS) is 20.3. The molecule has 1 unspecified atom stereocenters. The second-order valence-electron chi connectivity index (χ2n) is 4.58. The Morgan fingerprint density at radius 2 is 1.92 bits per heavy atom. The van der Waals surface area contributed by atoms with Gasteiger partial charge in [-0.25, -0.2) is 0 Å². The van der Waals surface area contributed by atoms with Gasteiger partial charge in [0.1, 0.15) is 11.8 Å². The summed E-state index contributed by atoms with van der Waals surface area (Å²) in [5.74, 6) is -0.414. The van der Waals surface area contributed by atoms with Crippen molar-refractivity contribution in [2.75, 3.05) is 7.11 Å². The van der Waals surface area contributed by atoms with Gasteiger partial charge in [0.25, 0.3) is 0 Å². The molecule has 1 aliphatic heterocycles. The zero-order valence-electron chi connectivity index (χ0n) is 12.1. The van der Waals surface area contributed by atoms with Gasteiger partial charge in [0.05, 0.1) is 4.92 Å². The summed E-state index contributed by atoms with van der Waals surface area (Å²) in [4.78, 5) is 10.3. The van der Waals surface area contributed by atoms with Crippen LogP contribution in [0.2, 0.25) is 0 Å². The summed E-state index contributed by atoms with van der Waals surface area (Å²) in [6.45, 7) is 0. The molecular weight excluding hydrogens is 331 g/mol. The Morgan fingerprint density at radius 1 is 1.29 bits per heavy atom. The Balaban J connectivity index is 2.33. The first-order valence-electron chi connectivity index (χ1n) is 6.38. The number of benzene rings is 1. The third kappa shape index (κ3) is 3.47. The van der Waals surface area contributed by atoms with E-state index in [1.807, 2.05) is 0 Å². The Bertz CT molecular complexity index is 750. The molecule has 1 heterocycles. The molecule has 0 radical (unpaired) electrons. The van der Waals surface area contributed by atoms with Crippen LogP contribution < -0.4 is 10.1 Å². The van der Waals surface area contributed by atoms with Gasteiger partial charge in [0.15, 0.2) is 0 Å². The highest BCUT2D eigenvalue weighted by Gasteiger charge is 2.46. The smallest absolute Gasteiger partial charge is 0.406 e. The molecule has 1 atom stereocenters. The van der Waals surface area contributed by atoms with Crippen LogP contribution in [0.25, 0.3) is 5.70 Å². The maximum absolute atomic E-state index is 12.1. The van der Waals surface area contributed by atoms with Crippen LogP contribution in [0, 0.1) is 21.4 Å². The number of dihydropyridines is 1. The number of methoxy groups -OCH3 is 1. The van der Waals surface area contributed by atoms with E-state index in [-0.39, 0.29) is 5.70 Å². The number of nitriles is 1. The molecule has 0 aromatic heterocycles. The number of halogens is 3. The van der Waals surface area contributed by atoms with Crippen LogP contribution in [-0.4, -0.2) is 24.1 Å². The Kier molecular flexibility index (Phi) is 4.48. The standard InChI is InChI=1S/C14H10F3N3O4/c1-23-13(8-18)12(20(21)22)7-6-11(19-13)9-2-4-10(5-3-9)24-14(15,16)17/h2-7,19H,1H3. The van der Waals surface area contributed by atoms with Crippen LogP contribution in [0.5, 0.6) is 5.75 Å². The molecule has 0 fully saturated rings. The van der Waals surface area contributed by atoms with Gasteiger partial charge in [0.2, 0.25) is 0 Å². The minimum absolute atomic E-state index is 0.266. The molecule has 0 amide bonds. The predicted molar refractivity (Wildman–Crippen MR) is 74.7 cm³/mol. The molecule has 1 aromatic carbocycles. The van der Waals surface area contributed by atoms with Crippen LogP contribution in [0.3, 0.4) is 0 Å². The molecule has 0 saturated carbocycles. The molecule has 1 aromatic rings. The Hall–Kier alpha value is -3.06. The van der Waals surface area contributed by atoms with E-state index in [1.54, 1.807) is 6.07 Å². The number of nitrogens with zero attached hydrogens (tertiary/aromatic N) is 2. The minimum Gasteiger partial charge on any atom is -0.406 e. The predicted octanol–water partition coefficient (Wildman–Crippen LogP) is 2.56. The highest BCUT2D eigenvalue weighted by atomic mass is 19.4. The van der Waals surface area contributed by atoms with Crippen LogP contribution in [0.4, 0.5) is 13.2 Å². The minimum atomic E-state index is -4.81. The summed E-state index contributed by atoms with van der Waals surface area (Å²) in [5, 5.41) is 22.9. The van der Waals surface area contributed by atoms with Crippen molar-refractivity contribution in [2.24, 2.45) is 0 Å². The lowest BCUT2D eigenvalue weighted by molar-refractivity contribution is -0.443. The molecule has 1 N–H and O–H groups in total. The molecule has 2 rings (SSSR count). The molecule has 0 saturated heterocycles. The number of alkyl halides is 3. The van der Waals surface area contributed by atoms with Crippen molar-refractivity contribution in [1.29, 1.82) is 5.26 Å². The van der Waals surface area contributed by atoms with Crippen molar-refractivity contribution in [2.45, 2.75) is 12.1 Å². The van der Waals surface area contributed by atoms with E-state index >= 15 is 0 Å². The average Bonchev–Trinajstić information content (AvgIpc) is 2.53. The van der Waals surface area contributed by atoms with Crippen molar-refractivity contribution < 1.29 is 27.6 Å². The molecule has 24 heavy (non-hydrogen) atoms. The quantitative estimate of drug-likeness (QED) is 0.668. The fraction of sp³-hybridized carbons (Fsp3) is 0.214. The van der Waals surface area contributed by atoms with E-state index in [0.717, 1.165) is 25.3 Å². The average molecular weight is 341 g/mol. The summed E-state index contributed by atoms with van der Waals surface area (Å²) in [7, 11) is 1.12. The second kappa shape index (κ2) is 6.21. The molecule has 7 nitrogen and oxygen atoms in total. The van der Waals surface area contributed by atoms with E-state index in [4.69, 9.17) is 4.74 Å². The zero-order valence-corrected chi connectivity index (χ0v) is 12.1. The van der Waals surface area contributed by atoms with Crippen LogP contribution in [0.1, 0.15) is 5.56 Å². The number of hydrogen-bond donors (Lipinski definition) is 1. The number of allylic oxidation sites excluding steroid dienone is 2. The molecule has 0 bridgehead atoms. The third-order valence-electron chi connectivity index (χ3n) is 3.14. The lowest BCUT2D eigenvalue weighted by atomic mass is 10.0. The monoisotopic (exact) mass is 341 g/mol. The summed E-state index contributed by atoms with van der Waals surface area (Å²) in [6.07, 6.45) is -2.38. The van der Waals surface area contributed by atoms with Crippen molar-refractivity contribution >= 4 is 5.70 Å². The highest BCUT2D eigenvalue weighted by Crippen LogP contribution is 2.29. The number of nitro groups is 1. The van der Waals surface area contributed by atoms with Gasteiger partial charge in [0, 0.05) is 18.9 Å². The lowest BCUT2D eigenvalue weighted by Crippen LogP contribution is -2.49. The highest BCUT2D eigenvalue weighted by molar-refractivity contribution is 5.69. The van der Waals surface area contributed by atoms with Gasteiger partial charge < -0.3 is 14.8 Å². The van der Waals surface area contributed by atoms with Gasteiger partial charge in [-0.05, 0) is 35.9 Å². The molecule has 0 spiro atoms. The van der Waals surface area contributed by atoms with E-state index < -0.39 is 28.5 Å². The van der Waals surface area contributed by atoms with Crippen LogP contribution in [0.15, 0.2) is 42.1 Å². The first-order valence-corrected chi connectivity index (χ1v) is 6.38. The number of hydrogen-bond acceptors (Lipinski definition) is 6. The van der Waals surface area contributed by atoms with Gasteiger partial charge in [-0.3, -0.25) is 10.1 Å². The zero-order chi connectivity index (χ0) is 18.0. The fourth-order valence-corrected chi connectivity index (χ4v) is 2.06. The van der Waals surface area contributed by atoms with Crippen molar-refractivity contribution in [3.63, 3.8) is 0 Å². The summed E-state index contributed by atoms with van der Waals surface area (Å²) < 4.78 is 45.1. The summed E-state index contributed by atoms with van der Waals surface area (Å²) in [5.41, 5.74) is -1.86. The van der Waals surface area contributed by atoms with Gasteiger partial charge in [-0.15, -0.1) is 13.2 Å².